The SMILES string of the molecule is COC(=O)C(N)Cc1ccccc1OCCN1CCN(C)CC1. The predicted molar refractivity (Wildman–Crippen MR) is 89.6 cm³/mol. The van der Waals surface area contributed by atoms with Crippen molar-refractivity contribution < 1.29 is 14.3 Å². The first-order valence-electron chi connectivity index (χ1n) is 8.05. The van der Waals surface area contributed by atoms with Crippen LogP contribution in [-0.4, -0.2) is 75.3 Å². The van der Waals surface area contributed by atoms with Crippen molar-refractivity contribution in [1.29, 1.82) is 0 Å². The summed E-state index contributed by atoms with van der Waals surface area (Å²) in [6.45, 7) is 5.90. The fraction of sp³-hybridized carbons (Fsp3) is 0.588. The van der Waals surface area contributed by atoms with Gasteiger partial charge in [-0.15, -0.1) is 0 Å². The molecule has 0 aliphatic carbocycles. The fourth-order valence-electron chi connectivity index (χ4n) is 2.64. The number of carbonyl (C=O) groups is 1. The quantitative estimate of drug-likeness (QED) is 0.731. The van der Waals surface area contributed by atoms with Crippen LogP contribution < -0.4 is 10.5 Å². The van der Waals surface area contributed by atoms with Crippen LogP contribution in [0.5, 0.6) is 5.75 Å². The van der Waals surface area contributed by atoms with E-state index in [9.17, 15) is 4.79 Å². The van der Waals surface area contributed by atoms with E-state index < -0.39 is 12.0 Å². The van der Waals surface area contributed by atoms with Crippen molar-refractivity contribution in [2.75, 3.05) is 53.5 Å². The number of methoxy groups -OCH3 is 1. The van der Waals surface area contributed by atoms with E-state index in [0.29, 0.717) is 13.0 Å². The first kappa shape index (κ1) is 17.7. The molecule has 0 bridgehead atoms. The Hall–Kier alpha value is -1.63. The maximum atomic E-state index is 11.5. The summed E-state index contributed by atoms with van der Waals surface area (Å²) in [6.07, 6.45) is 0.414. The zero-order chi connectivity index (χ0) is 16.7. The number of hydrogen-bond donors (Lipinski definition) is 1. The number of likely N-dealkylation sites (N-methyl/N-ethyl adjacent to an activating group) is 1. The van der Waals surface area contributed by atoms with Crippen LogP contribution in [0, 0.1) is 0 Å². The standard InChI is InChI=1S/C17H27N3O3/c1-19-7-9-20(10-8-19)11-12-23-16-6-4-3-5-14(16)13-15(18)17(21)22-2/h3-6,15H,7-13,18H2,1-2H3. The molecule has 0 saturated carbocycles. The van der Waals surface area contributed by atoms with E-state index in [4.69, 9.17) is 10.5 Å². The number of para-hydroxylation sites is 1. The number of esters is 1. The van der Waals surface area contributed by atoms with Crippen molar-refractivity contribution >= 4 is 5.97 Å². The van der Waals surface area contributed by atoms with Gasteiger partial charge in [0, 0.05) is 39.1 Å². The third-order valence-electron chi connectivity index (χ3n) is 4.18. The van der Waals surface area contributed by atoms with Crippen molar-refractivity contribution in [2.24, 2.45) is 5.73 Å². The topological polar surface area (TPSA) is 68.0 Å². The molecular weight excluding hydrogens is 294 g/mol. The third kappa shape index (κ3) is 5.49. The van der Waals surface area contributed by atoms with Crippen LogP contribution in [0.4, 0.5) is 0 Å². The maximum absolute atomic E-state index is 11.5. The molecule has 2 N–H and O–H groups in total. The van der Waals surface area contributed by atoms with Crippen molar-refractivity contribution in [3.63, 3.8) is 0 Å². The van der Waals surface area contributed by atoms with Crippen LogP contribution >= 0.6 is 0 Å². The Morgan fingerprint density at radius 1 is 1.26 bits per heavy atom. The Bertz CT molecular complexity index is 502. The molecule has 6 heteroatoms. The van der Waals surface area contributed by atoms with E-state index in [1.54, 1.807) is 0 Å². The van der Waals surface area contributed by atoms with Crippen molar-refractivity contribution in [1.82, 2.24) is 9.80 Å². The lowest BCUT2D eigenvalue weighted by Crippen LogP contribution is -2.45. The smallest absolute Gasteiger partial charge is 0.322 e. The van der Waals surface area contributed by atoms with Crippen LogP contribution in [0.2, 0.25) is 0 Å². The summed E-state index contributed by atoms with van der Waals surface area (Å²) < 4.78 is 10.6. The summed E-state index contributed by atoms with van der Waals surface area (Å²) in [6, 6.07) is 7.05. The van der Waals surface area contributed by atoms with Gasteiger partial charge in [0.15, 0.2) is 0 Å². The minimum atomic E-state index is -0.664. The van der Waals surface area contributed by atoms with E-state index in [0.717, 1.165) is 44.0 Å². The molecule has 1 aromatic carbocycles. The van der Waals surface area contributed by atoms with Gasteiger partial charge in [-0.25, -0.2) is 0 Å². The second kappa shape index (κ2) is 8.86. The monoisotopic (exact) mass is 321 g/mol. The minimum Gasteiger partial charge on any atom is -0.492 e. The highest BCUT2D eigenvalue weighted by atomic mass is 16.5. The molecule has 1 aromatic rings. The van der Waals surface area contributed by atoms with E-state index in [2.05, 4.69) is 21.6 Å². The molecule has 2 rings (SSSR count). The molecule has 1 heterocycles. The first-order chi connectivity index (χ1) is 11.1. The molecule has 0 aromatic heterocycles. The molecule has 1 unspecified atom stereocenters. The summed E-state index contributed by atoms with van der Waals surface area (Å²) in [5.41, 5.74) is 6.78. The van der Waals surface area contributed by atoms with E-state index in [-0.39, 0.29) is 0 Å². The van der Waals surface area contributed by atoms with Crippen molar-refractivity contribution in [2.45, 2.75) is 12.5 Å². The van der Waals surface area contributed by atoms with Gasteiger partial charge >= 0.3 is 5.97 Å². The normalized spacial score (nSPS) is 17.7. The number of piperazine rings is 1. The summed E-state index contributed by atoms with van der Waals surface area (Å²) in [5.74, 6) is 0.387. The Morgan fingerprint density at radius 3 is 2.65 bits per heavy atom. The van der Waals surface area contributed by atoms with Gasteiger partial charge in [-0.2, -0.15) is 0 Å². The Morgan fingerprint density at radius 2 is 1.96 bits per heavy atom. The summed E-state index contributed by atoms with van der Waals surface area (Å²) in [4.78, 5) is 16.2. The first-order valence-corrected chi connectivity index (χ1v) is 8.05. The number of nitrogens with two attached hydrogens (primary N) is 1. The highest BCUT2D eigenvalue weighted by molar-refractivity contribution is 5.75. The molecule has 1 saturated heterocycles. The summed E-state index contributed by atoms with van der Waals surface area (Å²) >= 11 is 0. The van der Waals surface area contributed by atoms with Gasteiger partial charge in [0.05, 0.1) is 7.11 Å². The highest BCUT2D eigenvalue weighted by Crippen LogP contribution is 2.19. The van der Waals surface area contributed by atoms with Gasteiger partial charge in [-0.3, -0.25) is 9.69 Å². The summed E-state index contributed by atoms with van der Waals surface area (Å²) in [5, 5.41) is 0. The van der Waals surface area contributed by atoms with Crippen molar-refractivity contribution in [3.05, 3.63) is 29.8 Å². The Balaban J connectivity index is 1.84. The molecule has 0 spiro atoms. The molecule has 128 valence electrons. The predicted octanol–water partition coefficient (Wildman–Crippen LogP) is 0.356. The molecule has 1 fully saturated rings. The van der Waals surface area contributed by atoms with Gasteiger partial charge in [-0.1, -0.05) is 18.2 Å². The minimum absolute atomic E-state index is 0.405. The van der Waals surface area contributed by atoms with Gasteiger partial charge in [0.2, 0.25) is 0 Å². The Labute approximate surface area is 138 Å². The number of benzene rings is 1. The number of rotatable bonds is 7. The molecule has 0 amide bonds. The second-order valence-corrected chi connectivity index (χ2v) is 5.93. The van der Waals surface area contributed by atoms with Gasteiger partial charge in [0.1, 0.15) is 18.4 Å². The number of hydrogen-bond acceptors (Lipinski definition) is 6. The van der Waals surface area contributed by atoms with Gasteiger partial charge < -0.3 is 20.1 Å². The van der Waals surface area contributed by atoms with Crippen LogP contribution in [0.3, 0.4) is 0 Å². The Kier molecular flexibility index (Phi) is 6.83. The number of nitrogens with zero attached hydrogens (tertiary/aromatic N) is 2. The molecule has 1 aliphatic heterocycles. The lowest BCUT2D eigenvalue weighted by molar-refractivity contribution is -0.142. The zero-order valence-electron chi connectivity index (χ0n) is 14.0. The average molecular weight is 321 g/mol. The van der Waals surface area contributed by atoms with E-state index in [1.807, 2.05) is 24.3 Å². The molecular formula is C17H27N3O3. The number of ether oxygens (including phenoxy) is 2. The highest BCUT2D eigenvalue weighted by Gasteiger charge is 2.17. The van der Waals surface area contributed by atoms with Crippen molar-refractivity contribution in [3.8, 4) is 5.75 Å². The fourth-order valence-corrected chi connectivity index (χ4v) is 2.64. The van der Waals surface area contributed by atoms with E-state index in [1.165, 1.54) is 7.11 Å². The molecule has 0 radical (unpaired) electrons. The van der Waals surface area contributed by atoms with E-state index >= 15 is 0 Å². The van der Waals surface area contributed by atoms with Gasteiger partial charge in [0.25, 0.3) is 0 Å². The lowest BCUT2D eigenvalue weighted by atomic mass is 10.1. The van der Waals surface area contributed by atoms with Crippen LogP contribution in [-0.2, 0) is 16.0 Å². The second-order valence-electron chi connectivity index (χ2n) is 5.93. The molecule has 6 nitrogen and oxygen atoms in total. The van der Waals surface area contributed by atoms with Crippen LogP contribution in [0.25, 0.3) is 0 Å². The average Bonchev–Trinajstić information content (AvgIpc) is 2.57. The summed E-state index contributed by atoms with van der Waals surface area (Å²) in [7, 11) is 3.50. The molecule has 1 aliphatic rings. The van der Waals surface area contributed by atoms with Crippen LogP contribution in [0.15, 0.2) is 24.3 Å². The lowest BCUT2D eigenvalue weighted by Gasteiger charge is -2.32. The third-order valence-corrected chi connectivity index (χ3v) is 4.18. The largest absolute Gasteiger partial charge is 0.492 e. The number of carbonyl (C=O) groups excluding carboxylic acids is 1. The molecule has 1 atom stereocenters. The maximum Gasteiger partial charge on any atom is 0.322 e. The van der Waals surface area contributed by atoms with Gasteiger partial charge in [-0.05, 0) is 18.7 Å². The zero-order valence-corrected chi connectivity index (χ0v) is 14.0. The van der Waals surface area contributed by atoms with Crippen LogP contribution in [0.1, 0.15) is 5.56 Å². The molecule has 23 heavy (non-hydrogen) atoms.